The number of benzene rings is 1. The Balaban J connectivity index is 2.73. The van der Waals surface area contributed by atoms with E-state index in [4.69, 9.17) is 19.9 Å². The molecule has 1 amide bonds. The number of hydrogen-bond donors (Lipinski definition) is 2. The average Bonchev–Trinajstić information content (AvgIpc) is 2.81. The molecule has 3 N–H and O–H groups in total. The highest BCUT2D eigenvalue weighted by Crippen LogP contribution is 2.32. The number of amides is 1. The van der Waals surface area contributed by atoms with Crippen LogP contribution < -0.4 is 20.5 Å². The molecule has 6 nitrogen and oxygen atoms in total. The monoisotopic (exact) mass is 478 g/mol. The third-order valence-electron chi connectivity index (χ3n) is 6.73. The minimum absolute atomic E-state index is 0.00345. The molecule has 1 aromatic rings. The number of nitrogens with two attached hydrogens (primary N) is 1. The van der Waals surface area contributed by atoms with E-state index < -0.39 is 0 Å². The second-order valence-electron chi connectivity index (χ2n) is 10.0. The largest absolute Gasteiger partial charge is 0.493 e. The molecule has 0 fully saturated rings. The van der Waals surface area contributed by atoms with Gasteiger partial charge in [-0.15, -0.1) is 0 Å². The van der Waals surface area contributed by atoms with Crippen molar-refractivity contribution in [2.75, 3.05) is 34.0 Å². The number of methoxy groups -OCH3 is 2. The van der Waals surface area contributed by atoms with Crippen molar-refractivity contribution < 1.29 is 19.0 Å². The topological polar surface area (TPSA) is 82.8 Å². The van der Waals surface area contributed by atoms with Gasteiger partial charge in [0, 0.05) is 38.6 Å². The first-order valence-corrected chi connectivity index (χ1v) is 13.0. The zero-order valence-electron chi connectivity index (χ0n) is 22.7. The Morgan fingerprint density at radius 3 is 2.38 bits per heavy atom. The minimum atomic E-state index is -0.0637. The molecule has 1 rings (SSSR count). The lowest BCUT2D eigenvalue weighted by atomic mass is 9.79. The number of hydrogen-bond acceptors (Lipinski definition) is 5. The van der Waals surface area contributed by atoms with Crippen LogP contribution in [0.4, 0.5) is 0 Å². The first-order chi connectivity index (χ1) is 16.2. The van der Waals surface area contributed by atoms with Crippen LogP contribution in [-0.2, 0) is 16.0 Å². The van der Waals surface area contributed by atoms with Gasteiger partial charge >= 0.3 is 0 Å². The number of nitrogens with one attached hydrogen (secondary N) is 1. The van der Waals surface area contributed by atoms with Crippen molar-refractivity contribution in [1.29, 1.82) is 0 Å². The number of unbranched alkanes of at least 4 members (excludes halogenated alkanes) is 1. The molecule has 0 aliphatic heterocycles. The van der Waals surface area contributed by atoms with Crippen molar-refractivity contribution in [2.45, 2.75) is 79.2 Å². The summed E-state index contributed by atoms with van der Waals surface area (Å²) in [6.07, 6.45) is 5.63. The Labute approximate surface area is 208 Å². The molecule has 4 atom stereocenters. The Kier molecular flexibility index (Phi) is 14.9. The van der Waals surface area contributed by atoms with Crippen molar-refractivity contribution in [2.24, 2.45) is 29.4 Å². The Morgan fingerprint density at radius 2 is 1.76 bits per heavy atom. The first-order valence-electron chi connectivity index (χ1n) is 13.0. The van der Waals surface area contributed by atoms with Crippen molar-refractivity contribution in [3.63, 3.8) is 0 Å². The number of carbonyl (C=O) groups is 1. The van der Waals surface area contributed by atoms with Gasteiger partial charge in [0.1, 0.15) is 0 Å². The summed E-state index contributed by atoms with van der Waals surface area (Å²) >= 11 is 0. The van der Waals surface area contributed by atoms with Crippen LogP contribution in [0.2, 0.25) is 0 Å². The van der Waals surface area contributed by atoms with E-state index in [1.165, 1.54) is 5.56 Å². The molecule has 34 heavy (non-hydrogen) atoms. The van der Waals surface area contributed by atoms with E-state index in [2.05, 4.69) is 45.1 Å². The predicted octanol–water partition coefficient (Wildman–Crippen LogP) is 5.22. The molecule has 6 heteroatoms. The van der Waals surface area contributed by atoms with Crippen LogP contribution in [0, 0.1) is 23.7 Å². The van der Waals surface area contributed by atoms with Gasteiger partial charge in [0.2, 0.25) is 5.91 Å². The van der Waals surface area contributed by atoms with Gasteiger partial charge in [0.25, 0.3) is 0 Å². The molecular formula is C28H50N2O4. The highest BCUT2D eigenvalue weighted by Gasteiger charge is 2.25. The van der Waals surface area contributed by atoms with Gasteiger partial charge in [-0.3, -0.25) is 4.79 Å². The molecule has 0 saturated carbocycles. The normalized spacial score (nSPS) is 15.0. The van der Waals surface area contributed by atoms with Crippen LogP contribution in [0.15, 0.2) is 18.2 Å². The standard InChI is InChI=1S/C28H50N2O4/c1-8-9-13-30-28(31)22(5)17-25(29)21(4)16-24(20(2)3)18-23-11-12-26(33-7)27(19-23)34-15-10-14-32-6/h11-12,19-22,24-25H,8-10,13-18,29H2,1-7H3,(H,30,31)/t21-,22+,24+,25-/m0/s1. The summed E-state index contributed by atoms with van der Waals surface area (Å²) in [7, 11) is 3.37. The first kappa shape index (κ1) is 30.2. The van der Waals surface area contributed by atoms with Crippen molar-refractivity contribution in [3.05, 3.63) is 23.8 Å². The lowest BCUT2D eigenvalue weighted by Gasteiger charge is -2.29. The van der Waals surface area contributed by atoms with Crippen LogP contribution in [-0.4, -0.2) is 45.9 Å². The lowest BCUT2D eigenvalue weighted by molar-refractivity contribution is -0.124. The third-order valence-corrected chi connectivity index (χ3v) is 6.73. The molecule has 0 aliphatic rings. The summed E-state index contributed by atoms with van der Waals surface area (Å²) in [4.78, 5) is 12.3. The average molecular weight is 479 g/mol. The Bertz CT molecular complexity index is 695. The van der Waals surface area contributed by atoms with E-state index in [0.717, 1.165) is 50.1 Å². The summed E-state index contributed by atoms with van der Waals surface area (Å²) in [6.45, 7) is 12.9. The fourth-order valence-corrected chi connectivity index (χ4v) is 4.20. The highest BCUT2D eigenvalue weighted by molar-refractivity contribution is 5.78. The lowest BCUT2D eigenvalue weighted by Crippen LogP contribution is -2.37. The molecule has 0 spiro atoms. The van der Waals surface area contributed by atoms with Crippen LogP contribution in [0.5, 0.6) is 11.5 Å². The van der Waals surface area contributed by atoms with Gasteiger partial charge in [-0.05, 0) is 61.1 Å². The number of ether oxygens (including phenoxy) is 3. The fraction of sp³-hybridized carbons (Fsp3) is 0.750. The molecule has 0 aromatic heterocycles. The summed E-state index contributed by atoms with van der Waals surface area (Å²) < 4.78 is 16.6. The van der Waals surface area contributed by atoms with Crippen LogP contribution >= 0.6 is 0 Å². The molecule has 0 unspecified atom stereocenters. The van der Waals surface area contributed by atoms with Gasteiger partial charge in [-0.25, -0.2) is 0 Å². The van der Waals surface area contributed by atoms with E-state index in [0.29, 0.717) is 37.4 Å². The van der Waals surface area contributed by atoms with Gasteiger partial charge in [0.15, 0.2) is 11.5 Å². The van der Waals surface area contributed by atoms with E-state index in [1.54, 1.807) is 14.2 Å². The van der Waals surface area contributed by atoms with E-state index in [1.807, 2.05) is 13.0 Å². The molecular weight excluding hydrogens is 428 g/mol. The van der Waals surface area contributed by atoms with Crippen LogP contribution in [0.3, 0.4) is 0 Å². The maximum absolute atomic E-state index is 12.3. The quantitative estimate of drug-likeness (QED) is 0.283. The van der Waals surface area contributed by atoms with E-state index in [-0.39, 0.29) is 17.9 Å². The number of carbonyl (C=O) groups excluding carboxylic acids is 1. The smallest absolute Gasteiger partial charge is 0.222 e. The van der Waals surface area contributed by atoms with Crippen molar-refractivity contribution in [1.82, 2.24) is 5.32 Å². The Hall–Kier alpha value is -1.79. The second kappa shape index (κ2) is 16.8. The maximum atomic E-state index is 12.3. The molecule has 0 heterocycles. The fourth-order valence-electron chi connectivity index (χ4n) is 4.20. The van der Waals surface area contributed by atoms with Gasteiger partial charge in [-0.1, -0.05) is 47.1 Å². The van der Waals surface area contributed by atoms with Gasteiger partial charge in [-0.2, -0.15) is 0 Å². The second-order valence-corrected chi connectivity index (χ2v) is 10.0. The molecule has 0 saturated heterocycles. The van der Waals surface area contributed by atoms with Crippen LogP contribution in [0.1, 0.15) is 72.3 Å². The summed E-state index contributed by atoms with van der Waals surface area (Å²) in [5, 5.41) is 3.03. The zero-order valence-corrected chi connectivity index (χ0v) is 22.7. The van der Waals surface area contributed by atoms with E-state index in [9.17, 15) is 4.79 Å². The van der Waals surface area contributed by atoms with Gasteiger partial charge in [0.05, 0.1) is 13.7 Å². The summed E-state index contributed by atoms with van der Waals surface area (Å²) in [6, 6.07) is 6.23. The molecule has 0 radical (unpaired) electrons. The zero-order chi connectivity index (χ0) is 25.5. The number of rotatable bonds is 18. The van der Waals surface area contributed by atoms with Crippen LogP contribution in [0.25, 0.3) is 0 Å². The molecule has 1 aromatic carbocycles. The molecule has 0 bridgehead atoms. The summed E-state index contributed by atoms with van der Waals surface area (Å²) in [5.41, 5.74) is 7.81. The van der Waals surface area contributed by atoms with Gasteiger partial charge < -0.3 is 25.3 Å². The maximum Gasteiger partial charge on any atom is 0.222 e. The highest BCUT2D eigenvalue weighted by atomic mass is 16.5. The van der Waals surface area contributed by atoms with E-state index >= 15 is 0 Å². The SMILES string of the molecule is CCCCNC(=O)[C@H](C)C[C@H](N)[C@@H](C)C[C@H](Cc1ccc(OC)c(OCCCOC)c1)C(C)C. The van der Waals surface area contributed by atoms with Crippen molar-refractivity contribution in [3.8, 4) is 11.5 Å². The summed E-state index contributed by atoms with van der Waals surface area (Å²) in [5.74, 6) is 2.94. The predicted molar refractivity (Wildman–Crippen MR) is 140 cm³/mol. The Morgan fingerprint density at radius 1 is 1.03 bits per heavy atom. The van der Waals surface area contributed by atoms with Crippen molar-refractivity contribution >= 4 is 5.91 Å². The molecule has 196 valence electrons. The minimum Gasteiger partial charge on any atom is -0.493 e. The third kappa shape index (κ3) is 11.1. The molecule has 0 aliphatic carbocycles.